The molecule has 1 unspecified atom stereocenters. The van der Waals surface area contributed by atoms with Crippen LogP contribution in [-0.2, 0) is 6.54 Å². The van der Waals surface area contributed by atoms with Crippen LogP contribution in [0.1, 0.15) is 37.2 Å². The van der Waals surface area contributed by atoms with E-state index >= 15 is 0 Å². The summed E-state index contributed by atoms with van der Waals surface area (Å²) >= 11 is 1.17. The van der Waals surface area contributed by atoms with Gasteiger partial charge >= 0.3 is 0 Å². The molecule has 0 aliphatic rings. The lowest BCUT2D eigenvalue weighted by atomic mass is 10.1. The summed E-state index contributed by atoms with van der Waals surface area (Å²) in [6.07, 6.45) is 3.04. The molecule has 0 radical (unpaired) electrons. The van der Waals surface area contributed by atoms with Crippen LogP contribution in [0.15, 0.2) is 73.3 Å². The summed E-state index contributed by atoms with van der Waals surface area (Å²) in [4.78, 5) is 29.9. The van der Waals surface area contributed by atoms with Gasteiger partial charge in [-0.3, -0.25) is 14.3 Å². The molecule has 0 aliphatic heterocycles. The van der Waals surface area contributed by atoms with Crippen molar-refractivity contribution >= 4 is 28.2 Å². The van der Waals surface area contributed by atoms with Gasteiger partial charge in [0.05, 0.1) is 22.5 Å². The molecule has 162 valence electrons. The molecular weight excluding hydrogens is 429 g/mol. The van der Waals surface area contributed by atoms with Gasteiger partial charge in [-0.2, -0.15) is 5.10 Å². The van der Waals surface area contributed by atoms with Crippen LogP contribution in [0.2, 0.25) is 0 Å². The Balaban J connectivity index is 1.50. The van der Waals surface area contributed by atoms with Crippen molar-refractivity contribution in [3.05, 3.63) is 101 Å². The van der Waals surface area contributed by atoms with Gasteiger partial charge in [-0.15, -0.1) is 11.3 Å². The van der Waals surface area contributed by atoms with Gasteiger partial charge in [-0.1, -0.05) is 36.4 Å². The number of aryl methyl sites for hydroxylation is 1. The molecule has 0 aliphatic carbocycles. The van der Waals surface area contributed by atoms with E-state index in [4.69, 9.17) is 0 Å². The fraction of sp³-hybridized carbons (Fsp3) is 0.130. The lowest BCUT2D eigenvalue weighted by Crippen LogP contribution is -2.31. The zero-order chi connectivity index (χ0) is 22.5. The number of benzene rings is 2. The highest BCUT2D eigenvalue weighted by Gasteiger charge is 2.21. The summed E-state index contributed by atoms with van der Waals surface area (Å²) in [6.45, 7) is 2.22. The fourth-order valence-electron chi connectivity index (χ4n) is 3.24. The van der Waals surface area contributed by atoms with Crippen LogP contribution in [-0.4, -0.2) is 26.6 Å². The van der Waals surface area contributed by atoms with E-state index in [1.165, 1.54) is 35.9 Å². The highest BCUT2D eigenvalue weighted by atomic mass is 32.1. The fourth-order valence-corrected chi connectivity index (χ4v) is 4.21. The number of carbonyl (C=O) groups excluding carboxylic acids is 2. The number of nitrogens with one attached hydrogen (secondary N) is 2. The van der Waals surface area contributed by atoms with Gasteiger partial charge in [0.15, 0.2) is 0 Å². The number of halogens is 1. The average molecular weight is 450 g/mol. The number of amides is 2. The summed E-state index contributed by atoms with van der Waals surface area (Å²) < 4.78 is 15.1. The zero-order valence-corrected chi connectivity index (χ0v) is 18.0. The third-order valence-electron chi connectivity index (χ3n) is 4.79. The highest BCUT2D eigenvalue weighted by molar-refractivity contribution is 7.18. The van der Waals surface area contributed by atoms with Gasteiger partial charge in [0.25, 0.3) is 11.8 Å². The number of carbonyl (C=O) groups is 2. The normalized spacial score (nSPS) is 11.7. The molecular formula is C23H20FN5O2S. The molecule has 2 aromatic carbocycles. The van der Waals surface area contributed by atoms with Gasteiger partial charge in [-0.25, -0.2) is 9.37 Å². The van der Waals surface area contributed by atoms with E-state index in [1.54, 1.807) is 24.0 Å². The zero-order valence-electron chi connectivity index (χ0n) is 17.2. The van der Waals surface area contributed by atoms with Gasteiger partial charge < -0.3 is 10.6 Å². The second-order valence-corrected chi connectivity index (χ2v) is 8.19. The molecule has 0 spiro atoms. The van der Waals surface area contributed by atoms with Crippen molar-refractivity contribution < 1.29 is 14.0 Å². The maximum atomic E-state index is 13.4. The molecule has 32 heavy (non-hydrogen) atoms. The van der Waals surface area contributed by atoms with E-state index in [9.17, 15) is 14.0 Å². The smallest absolute Gasteiger partial charge is 0.262 e. The van der Waals surface area contributed by atoms with Crippen LogP contribution in [0, 0.1) is 12.7 Å². The summed E-state index contributed by atoms with van der Waals surface area (Å²) in [7, 11) is 0. The van der Waals surface area contributed by atoms with Gasteiger partial charge in [0, 0.05) is 5.56 Å². The highest BCUT2D eigenvalue weighted by Crippen LogP contribution is 2.28. The van der Waals surface area contributed by atoms with Gasteiger partial charge in [-0.05, 0) is 42.3 Å². The first-order valence-corrected chi connectivity index (χ1v) is 10.7. The third-order valence-corrected chi connectivity index (χ3v) is 5.94. The molecule has 2 heterocycles. The van der Waals surface area contributed by atoms with Crippen LogP contribution >= 0.6 is 11.3 Å². The summed E-state index contributed by atoms with van der Waals surface area (Å²) in [5.74, 6) is -1.18. The molecule has 4 rings (SSSR count). The molecule has 2 N–H and O–H groups in total. The van der Waals surface area contributed by atoms with E-state index in [0.29, 0.717) is 16.4 Å². The van der Waals surface area contributed by atoms with Crippen molar-refractivity contribution in [1.82, 2.24) is 20.1 Å². The Labute approximate surface area is 187 Å². The van der Waals surface area contributed by atoms with Gasteiger partial charge in [0.2, 0.25) is 0 Å². The first-order valence-electron chi connectivity index (χ1n) is 9.85. The van der Waals surface area contributed by atoms with Crippen molar-refractivity contribution in [2.45, 2.75) is 19.5 Å². The number of aromatic nitrogens is 3. The van der Waals surface area contributed by atoms with E-state index in [2.05, 4.69) is 20.7 Å². The number of hydrogen-bond donors (Lipinski definition) is 2. The largest absolute Gasteiger partial charge is 0.343 e. The molecule has 7 nitrogen and oxygen atoms in total. The minimum Gasteiger partial charge on any atom is -0.343 e. The molecule has 2 amide bonds. The summed E-state index contributed by atoms with van der Waals surface area (Å²) in [5.41, 5.74) is 1.87. The Hall–Kier alpha value is -3.85. The van der Waals surface area contributed by atoms with Crippen LogP contribution in [0.3, 0.4) is 0 Å². The number of nitrogens with zero attached hydrogens (tertiary/aromatic N) is 3. The second kappa shape index (κ2) is 9.52. The third kappa shape index (κ3) is 5.06. The first kappa shape index (κ1) is 21.4. The molecule has 1 atom stereocenters. The number of rotatable bonds is 7. The Morgan fingerprint density at radius 3 is 2.62 bits per heavy atom. The maximum Gasteiger partial charge on any atom is 0.262 e. The number of hydrogen-bond acceptors (Lipinski definition) is 5. The van der Waals surface area contributed by atoms with Crippen molar-refractivity contribution in [3.63, 3.8) is 0 Å². The number of anilines is 1. The molecule has 9 heteroatoms. The molecule has 4 aromatic rings. The van der Waals surface area contributed by atoms with Crippen molar-refractivity contribution in [2.75, 3.05) is 5.32 Å². The molecule has 0 saturated heterocycles. The van der Waals surface area contributed by atoms with Crippen molar-refractivity contribution in [3.8, 4) is 0 Å². The average Bonchev–Trinajstić information content (AvgIpc) is 3.43. The first-order chi connectivity index (χ1) is 15.5. The summed E-state index contributed by atoms with van der Waals surface area (Å²) in [5, 5.41) is 10.4. The predicted molar refractivity (Wildman–Crippen MR) is 120 cm³/mol. The van der Waals surface area contributed by atoms with E-state index in [1.807, 2.05) is 30.3 Å². The molecule has 0 fully saturated rings. The molecule has 0 bridgehead atoms. The van der Waals surface area contributed by atoms with Crippen LogP contribution in [0.25, 0.3) is 0 Å². The number of thiophene rings is 1. The monoisotopic (exact) mass is 449 g/mol. The standard InChI is InChI=1S/C23H20FN5O2S/c1-15-10-20(28-22(30)17-8-5-9-18(24)11-17)32-21(15)23(31)27-19(12-29-14-25-13-26-29)16-6-3-2-4-7-16/h2-11,13-14,19H,12H2,1H3,(H,27,31)(H,28,30). The topological polar surface area (TPSA) is 88.9 Å². The molecule has 2 aromatic heterocycles. The minimum atomic E-state index is -0.487. The van der Waals surface area contributed by atoms with Crippen LogP contribution in [0.5, 0.6) is 0 Å². The lowest BCUT2D eigenvalue weighted by Gasteiger charge is -2.19. The van der Waals surface area contributed by atoms with Crippen LogP contribution < -0.4 is 10.6 Å². The Morgan fingerprint density at radius 1 is 1.09 bits per heavy atom. The van der Waals surface area contributed by atoms with E-state index in [-0.39, 0.29) is 17.5 Å². The Bertz CT molecular complexity index is 1220. The maximum absolute atomic E-state index is 13.4. The summed E-state index contributed by atoms with van der Waals surface area (Å²) in [6, 6.07) is 16.5. The molecule has 0 saturated carbocycles. The van der Waals surface area contributed by atoms with Gasteiger partial charge in [0.1, 0.15) is 18.5 Å². The van der Waals surface area contributed by atoms with Crippen LogP contribution in [0.4, 0.5) is 9.39 Å². The quantitative estimate of drug-likeness (QED) is 0.442. The second-order valence-electron chi connectivity index (χ2n) is 7.14. The Morgan fingerprint density at radius 2 is 1.91 bits per heavy atom. The minimum absolute atomic E-state index is 0.207. The van der Waals surface area contributed by atoms with E-state index < -0.39 is 11.7 Å². The van der Waals surface area contributed by atoms with Crippen molar-refractivity contribution in [1.29, 1.82) is 0 Å². The predicted octanol–water partition coefficient (Wildman–Crippen LogP) is 4.21. The van der Waals surface area contributed by atoms with Crippen molar-refractivity contribution in [2.24, 2.45) is 0 Å². The Kier molecular flexibility index (Phi) is 6.37. The lowest BCUT2D eigenvalue weighted by molar-refractivity contribution is 0.0934. The van der Waals surface area contributed by atoms with E-state index in [0.717, 1.165) is 17.2 Å². The SMILES string of the molecule is Cc1cc(NC(=O)c2cccc(F)c2)sc1C(=O)NC(Cn1cncn1)c1ccccc1.